The molecule has 5 heteroatoms. The Hall–Kier alpha value is -0.970. The van der Waals surface area contributed by atoms with Crippen LogP contribution < -0.4 is 14.8 Å². The quantitative estimate of drug-likeness (QED) is 0.842. The summed E-state index contributed by atoms with van der Waals surface area (Å²) in [5, 5.41) is 12.6. The zero-order valence-electron chi connectivity index (χ0n) is 9.00. The van der Waals surface area contributed by atoms with Crippen molar-refractivity contribution in [2.45, 2.75) is 19.5 Å². The molecule has 1 aromatic rings. The molecule has 0 spiro atoms. The average molecular weight is 244 g/mol. The molecule has 0 amide bonds. The summed E-state index contributed by atoms with van der Waals surface area (Å²) in [6.07, 6.45) is 0. The molecule has 0 aromatic heterocycles. The maximum Gasteiger partial charge on any atom is 0.231 e. The van der Waals surface area contributed by atoms with E-state index in [0.29, 0.717) is 23.1 Å². The highest BCUT2D eigenvalue weighted by molar-refractivity contribution is 6.32. The smallest absolute Gasteiger partial charge is 0.231 e. The van der Waals surface area contributed by atoms with Gasteiger partial charge in [-0.25, -0.2) is 0 Å². The third kappa shape index (κ3) is 2.40. The lowest BCUT2D eigenvalue weighted by atomic mass is 10.2. The molecule has 1 heterocycles. The van der Waals surface area contributed by atoms with Gasteiger partial charge in [-0.2, -0.15) is 0 Å². The Kier molecular flexibility index (Phi) is 3.53. The van der Waals surface area contributed by atoms with Crippen molar-refractivity contribution in [1.29, 1.82) is 0 Å². The first-order chi connectivity index (χ1) is 7.70. The summed E-state index contributed by atoms with van der Waals surface area (Å²) >= 11 is 6.04. The maximum absolute atomic E-state index is 8.89. The number of benzene rings is 1. The Labute approximate surface area is 99.1 Å². The molecule has 2 rings (SSSR count). The summed E-state index contributed by atoms with van der Waals surface area (Å²) in [5.41, 5.74) is 1.01. The van der Waals surface area contributed by atoms with Crippen molar-refractivity contribution in [3.8, 4) is 11.5 Å². The number of halogens is 1. The van der Waals surface area contributed by atoms with Crippen LogP contribution in [0, 0.1) is 0 Å². The van der Waals surface area contributed by atoms with Gasteiger partial charge in [-0.1, -0.05) is 11.6 Å². The topological polar surface area (TPSA) is 50.7 Å². The molecule has 0 unspecified atom stereocenters. The molecule has 1 aliphatic rings. The second-order valence-corrected chi connectivity index (χ2v) is 4.18. The predicted octanol–water partition coefficient (Wildman–Crippen LogP) is 1.54. The summed E-state index contributed by atoms with van der Waals surface area (Å²) in [7, 11) is 0. The van der Waals surface area contributed by atoms with Gasteiger partial charge >= 0.3 is 0 Å². The monoisotopic (exact) mass is 243 g/mol. The van der Waals surface area contributed by atoms with E-state index in [2.05, 4.69) is 5.32 Å². The second-order valence-electron chi connectivity index (χ2n) is 3.78. The molecule has 0 saturated heterocycles. The van der Waals surface area contributed by atoms with Crippen LogP contribution in [0.3, 0.4) is 0 Å². The third-order valence-corrected chi connectivity index (χ3v) is 2.70. The molecule has 1 aromatic carbocycles. The molecule has 16 heavy (non-hydrogen) atoms. The Morgan fingerprint density at radius 3 is 3.06 bits per heavy atom. The predicted molar refractivity (Wildman–Crippen MR) is 61.0 cm³/mol. The molecule has 0 saturated carbocycles. The zero-order chi connectivity index (χ0) is 11.5. The Morgan fingerprint density at radius 1 is 1.50 bits per heavy atom. The molecule has 1 aliphatic heterocycles. The molecule has 0 fully saturated rings. The molecule has 4 nitrogen and oxygen atoms in total. The molecule has 0 bridgehead atoms. The van der Waals surface area contributed by atoms with Crippen molar-refractivity contribution in [2.24, 2.45) is 0 Å². The number of aliphatic hydroxyl groups excluding tert-OH is 1. The minimum atomic E-state index is 0.0594. The lowest BCUT2D eigenvalue weighted by Gasteiger charge is -2.11. The van der Waals surface area contributed by atoms with Crippen LogP contribution in [0.5, 0.6) is 11.5 Å². The first-order valence-electron chi connectivity index (χ1n) is 5.13. The highest BCUT2D eigenvalue weighted by atomic mass is 35.5. The van der Waals surface area contributed by atoms with Crippen molar-refractivity contribution >= 4 is 11.6 Å². The first-order valence-corrected chi connectivity index (χ1v) is 5.50. The number of hydrogen-bond donors (Lipinski definition) is 2. The first kappa shape index (κ1) is 11.5. The molecular weight excluding hydrogens is 230 g/mol. The van der Waals surface area contributed by atoms with Crippen LogP contribution in [0.25, 0.3) is 0 Å². The number of rotatable bonds is 4. The minimum absolute atomic E-state index is 0.0594. The molecular formula is C11H14ClNO3. The van der Waals surface area contributed by atoms with E-state index >= 15 is 0 Å². The van der Waals surface area contributed by atoms with Gasteiger partial charge in [-0.3, -0.25) is 0 Å². The number of ether oxygens (including phenoxy) is 2. The normalized spacial score (nSPS) is 15.2. The van der Waals surface area contributed by atoms with Crippen molar-refractivity contribution in [1.82, 2.24) is 5.32 Å². The van der Waals surface area contributed by atoms with Gasteiger partial charge in [0.15, 0.2) is 11.5 Å². The standard InChI is InChI=1S/C11H14ClNO3/c1-7(5-14)13-4-8-2-9(12)11-10(3-8)15-6-16-11/h2-3,7,13-14H,4-6H2,1H3/t7-/m1/s1. The van der Waals surface area contributed by atoms with Gasteiger partial charge in [0.2, 0.25) is 6.79 Å². The van der Waals surface area contributed by atoms with Crippen molar-refractivity contribution in [2.75, 3.05) is 13.4 Å². The average Bonchev–Trinajstić information content (AvgIpc) is 2.74. The van der Waals surface area contributed by atoms with E-state index in [1.807, 2.05) is 19.1 Å². The van der Waals surface area contributed by atoms with E-state index in [-0.39, 0.29) is 19.4 Å². The third-order valence-electron chi connectivity index (χ3n) is 2.42. The fraction of sp³-hybridized carbons (Fsp3) is 0.455. The molecule has 1 atom stereocenters. The summed E-state index contributed by atoms with van der Waals surface area (Å²) in [4.78, 5) is 0. The van der Waals surface area contributed by atoms with Gasteiger partial charge in [0.1, 0.15) is 0 Å². The molecule has 88 valence electrons. The van der Waals surface area contributed by atoms with Crippen molar-refractivity contribution in [3.05, 3.63) is 22.7 Å². The molecule has 0 aliphatic carbocycles. The summed E-state index contributed by atoms with van der Waals surface area (Å²) in [6, 6.07) is 3.79. The SMILES string of the molecule is C[C@H](CO)NCc1cc(Cl)c2c(c1)OCO2. The molecule has 2 N–H and O–H groups in total. The van der Waals surface area contributed by atoms with Crippen LogP contribution in [0.2, 0.25) is 5.02 Å². The fourth-order valence-corrected chi connectivity index (χ4v) is 1.77. The summed E-state index contributed by atoms with van der Waals surface area (Å²) < 4.78 is 10.5. The van der Waals surface area contributed by atoms with Crippen LogP contribution in [0.4, 0.5) is 0 Å². The van der Waals surface area contributed by atoms with Crippen LogP contribution >= 0.6 is 11.6 Å². The Morgan fingerprint density at radius 2 is 2.31 bits per heavy atom. The summed E-state index contributed by atoms with van der Waals surface area (Å²) in [5.74, 6) is 1.29. The second kappa shape index (κ2) is 4.91. The van der Waals surface area contributed by atoms with Crippen LogP contribution in [-0.2, 0) is 6.54 Å². The Balaban J connectivity index is 2.08. The number of nitrogens with one attached hydrogen (secondary N) is 1. The van der Waals surface area contributed by atoms with Gasteiger partial charge in [-0.15, -0.1) is 0 Å². The lowest BCUT2D eigenvalue weighted by molar-refractivity contribution is 0.174. The summed E-state index contributed by atoms with van der Waals surface area (Å²) in [6.45, 7) is 2.88. The maximum atomic E-state index is 8.89. The highest BCUT2D eigenvalue weighted by Crippen LogP contribution is 2.39. The van der Waals surface area contributed by atoms with Gasteiger partial charge < -0.3 is 19.9 Å². The van der Waals surface area contributed by atoms with Crippen LogP contribution in [-0.4, -0.2) is 24.5 Å². The van der Waals surface area contributed by atoms with Crippen molar-refractivity contribution in [3.63, 3.8) is 0 Å². The van der Waals surface area contributed by atoms with Gasteiger partial charge in [-0.05, 0) is 24.6 Å². The van der Waals surface area contributed by atoms with Gasteiger partial charge in [0.25, 0.3) is 0 Å². The van der Waals surface area contributed by atoms with Crippen LogP contribution in [0.15, 0.2) is 12.1 Å². The lowest BCUT2D eigenvalue weighted by Crippen LogP contribution is -2.28. The fourth-order valence-electron chi connectivity index (χ4n) is 1.48. The van der Waals surface area contributed by atoms with E-state index in [1.54, 1.807) is 0 Å². The van der Waals surface area contributed by atoms with Crippen LogP contribution in [0.1, 0.15) is 12.5 Å². The highest BCUT2D eigenvalue weighted by Gasteiger charge is 2.18. The van der Waals surface area contributed by atoms with Gasteiger partial charge in [0.05, 0.1) is 11.6 Å². The van der Waals surface area contributed by atoms with E-state index in [4.69, 9.17) is 26.2 Å². The number of aliphatic hydroxyl groups is 1. The van der Waals surface area contributed by atoms with E-state index in [0.717, 1.165) is 5.56 Å². The number of fused-ring (bicyclic) bond motifs is 1. The largest absolute Gasteiger partial charge is 0.454 e. The minimum Gasteiger partial charge on any atom is -0.454 e. The zero-order valence-corrected chi connectivity index (χ0v) is 9.75. The van der Waals surface area contributed by atoms with E-state index < -0.39 is 0 Å². The number of hydrogen-bond acceptors (Lipinski definition) is 4. The van der Waals surface area contributed by atoms with Crippen molar-refractivity contribution < 1.29 is 14.6 Å². The molecule has 0 radical (unpaired) electrons. The van der Waals surface area contributed by atoms with Gasteiger partial charge in [0, 0.05) is 12.6 Å². The Bertz CT molecular complexity index is 384. The van der Waals surface area contributed by atoms with E-state index in [1.165, 1.54) is 0 Å². The van der Waals surface area contributed by atoms with E-state index in [9.17, 15) is 0 Å².